The van der Waals surface area contributed by atoms with E-state index in [4.69, 9.17) is 4.74 Å². The number of nitrogens with one attached hydrogen (secondary N) is 1. The molecule has 2 fully saturated rings. The van der Waals surface area contributed by atoms with Crippen molar-refractivity contribution in [3.8, 4) is 0 Å². The van der Waals surface area contributed by atoms with Crippen LogP contribution in [-0.4, -0.2) is 59.2 Å². The highest BCUT2D eigenvalue weighted by molar-refractivity contribution is 7.21. The smallest absolute Gasteiger partial charge is 0.350 e. The molecule has 1 atom stereocenters. The van der Waals surface area contributed by atoms with Gasteiger partial charge >= 0.3 is 5.97 Å². The first-order valence-electron chi connectivity index (χ1n) is 9.61. The number of pyridine rings is 1. The van der Waals surface area contributed by atoms with Gasteiger partial charge in [-0.05, 0) is 45.2 Å². The number of aliphatic hydroxyl groups is 1. The molecule has 3 heterocycles. The van der Waals surface area contributed by atoms with E-state index in [1.54, 1.807) is 6.92 Å². The van der Waals surface area contributed by atoms with Gasteiger partial charge in [-0.1, -0.05) is 0 Å². The third-order valence-corrected chi connectivity index (χ3v) is 6.71. The third kappa shape index (κ3) is 3.40. The summed E-state index contributed by atoms with van der Waals surface area (Å²) in [5.74, 6) is -0.651. The lowest BCUT2D eigenvalue weighted by Crippen LogP contribution is -2.32. The molecule has 1 saturated carbocycles. The number of fused-ring (bicyclic) bond motifs is 1. The number of thiophene rings is 1. The van der Waals surface area contributed by atoms with Crippen molar-refractivity contribution >= 4 is 39.1 Å². The van der Waals surface area contributed by atoms with Gasteiger partial charge in [-0.3, -0.25) is 9.69 Å². The fraction of sp³-hybridized carbons (Fsp3) is 0.550. The first-order chi connectivity index (χ1) is 13.3. The van der Waals surface area contributed by atoms with E-state index in [9.17, 15) is 14.7 Å². The van der Waals surface area contributed by atoms with Crippen LogP contribution in [0.25, 0.3) is 10.2 Å². The Labute approximate surface area is 167 Å². The van der Waals surface area contributed by atoms with Gasteiger partial charge in [0.15, 0.2) is 0 Å². The Hall–Kier alpha value is -2.03. The van der Waals surface area contributed by atoms with E-state index in [2.05, 4.69) is 10.3 Å². The molecule has 1 amide bonds. The maximum absolute atomic E-state index is 12.8. The topological polar surface area (TPSA) is 91.8 Å². The minimum atomic E-state index is -0.452. The molecule has 1 aliphatic heterocycles. The molecular formula is C20H25N3O4S. The number of β-amino-alcohol motifs (C(OH)–C–C–N with tert-alkyl or cyclic N) is 1. The number of carbonyl (C=O) groups is 2. The second-order valence-electron chi connectivity index (χ2n) is 7.88. The van der Waals surface area contributed by atoms with Crippen LogP contribution >= 0.6 is 11.3 Å². The average Bonchev–Trinajstić information content (AvgIpc) is 3.20. The molecule has 1 saturated heterocycles. The molecule has 2 aromatic heterocycles. The third-order valence-electron chi connectivity index (χ3n) is 5.65. The molecule has 7 nitrogen and oxygen atoms in total. The number of aryl methyl sites for hydroxylation is 2. The van der Waals surface area contributed by atoms with Gasteiger partial charge < -0.3 is 15.2 Å². The minimum Gasteiger partial charge on any atom is -0.462 e. The van der Waals surface area contributed by atoms with Crippen LogP contribution in [0.5, 0.6) is 0 Å². The maximum atomic E-state index is 12.8. The molecule has 2 aromatic rings. The largest absolute Gasteiger partial charge is 0.462 e. The molecule has 2 N–H and O–H groups in total. The Kier molecular flexibility index (Phi) is 4.89. The zero-order chi connectivity index (χ0) is 20.1. The van der Waals surface area contributed by atoms with Crippen molar-refractivity contribution in [2.24, 2.45) is 5.41 Å². The fourth-order valence-electron chi connectivity index (χ4n) is 4.11. The molecule has 1 unspecified atom stereocenters. The van der Waals surface area contributed by atoms with Crippen molar-refractivity contribution in [3.63, 3.8) is 0 Å². The van der Waals surface area contributed by atoms with E-state index in [1.165, 1.54) is 11.3 Å². The van der Waals surface area contributed by atoms with E-state index in [1.807, 2.05) is 24.8 Å². The normalized spacial score (nSPS) is 20.6. The monoisotopic (exact) mass is 403 g/mol. The summed E-state index contributed by atoms with van der Waals surface area (Å²) in [7, 11) is 0. The van der Waals surface area contributed by atoms with E-state index in [0.29, 0.717) is 21.9 Å². The Morgan fingerprint density at radius 1 is 1.43 bits per heavy atom. The molecule has 0 bridgehead atoms. The molecule has 28 heavy (non-hydrogen) atoms. The Morgan fingerprint density at radius 3 is 2.82 bits per heavy atom. The standard InChI is InChI=1S/C20H25N3O4S/c1-4-27-19(26)17-16(15-11(2)7-12(3)21-18(15)28-17)22-14(25)9-23-8-13(24)20(10-23)5-6-20/h7,13,24H,4-6,8-10H2,1-3H3,(H,22,25). The Morgan fingerprint density at radius 2 is 2.18 bits per heavy atom. The summed E-state index contributed by atoms with van der Waals surface area (Å²) in [5, 5.41) is 13.9. The zero-order valence-corrected chi connectivity index (χ0v) is 17.2. The number of hydrogen-bond acceptors (Lipinski definition) is 7. The van der Waals surface area contributed by atoms with Gasteiger partial charge in [0, 0.05) is 29.6 Å². The quantitative estimate of drug-likeness (QED) is 0.746. The number of amides is 1. The van der Waals surface area contributed by atoms with E-state index < -0.39 is 5.97 Å². The number of rotatable bonds is 5. The number of carbonyl (C=O) groups excluding carboxylic acids is 2. The van der Waals surface area contributed by atoms with Crippen molar-refractivity contribution in [3.05, 3.63) is 22.2 Å². The molecule has 0 radical (unpaired) electrons. The summed E-state index contributed by atoms with van der Waals surface area (Å²) >= 11 is 1.24. The lowest BCUT2D eigenvalue weighted by molar-refractivity contribution is -0.117. The van der Waals surface area contributed by atoms with Gasteiger partial charge in [-0.2, -0.15) is 0 Å². The van der Waals surface area contributed by atoms with Gasteiger partial charge in [0.2, 0.25) is 5.91 Å². The van der Waals surface area contributed by atoms with Gasteiger partial charge in [0.05, 0.1) is 24.9 Å². The lowest BCUT2D eigenvalue weighted by atomic mass is 10.0. The average molecular weight is 404 g/mol. The van der Waals surface area contributed by atoms with Gasteiger partial charge in [0.1, 0.15) is 9.71 Å². The SMILES string of the molecule is CCOC(=O)c1sc2nc(C)cc(C)c2c1NC(=O)CN1CC(O)C2(CC2)C1. The van der Waals surface area contributed by atoms with E-state index in [0.717, 1.165) is 36.0 Å². The molecule has 2 aliphatic rings. The van der Waals surface area contributed by atoms with Crippen molar-refractivity contribution < 1.29 is 19.4 Å². The molecule has 1 aliphatic carbocycles. The summed E-state index contributed by atoms with van der Waals surface area (Å²) in [6.07, 6.45) is 1.70. The van der Waals surface area contributed by atoms with E-state index >= 15 is 0 Å². The maximum Gasteiger partial charge on any atom is 0.350 e. The highest BCUT2D eigenvalue weighted by Gasteiger charge is 2.54. The van der Waals surface area contributed by atoms with Crippen LogP contribution in [0.2, 0.25) is 0 Å². The molecule has 150 valence electrons. The fourth-order valence-corrected chi connectivity index (χ4v) is 5.25. The summed E-state index contributed by atoms with van der Waals surface area (Å²) in [5.41, 5.74) is 2.30. The van der Waals surface area contributed by atoms with Crippen LogP contribution in [0.4, 0.5) is 5.69 Å². The number of ether oxygens (including phenoxy) is 1. The molecule has 8 heteroatoms. The van der Waals surface area contributed by atoms with Crippen LogP contribution in [0.15, 0.2) is 6.07 Å². The second-order valence-corrected chi connectivity index (χ2v) is 8.88. The van der Waals surface area contributed by atoms with Crippen molar-refractivity contribution in [2.75, 3.05) is 31.6 Å². The summed E-state index contributed by atoms with van der Waals surface area (Å²) in [6, 6.07) is 1.94. The van der Waals surface area contributed by atoms with Crippen molar-refractivity contribution in [1.82, 2.24) is 9.88 Å². The lowest BCUT2D eigenvalue weighted by Gasteiger charge is -2.15. The second kappa shape index (κ2) is 7.09. The summed E-state index contributed by atoms with van der Waals surface area (Å²) < 4.78 is 5.18. The number of aliphatic hydroxyl groups excluding tert-OH is 1. The zero-order valence-electron chi connectivity index (χ0n) is 16.4. The van der Waals surface area contributed by atoms with Gasteiger partial charge in [0.25, 0.3) is 0 Å². The first-order valence-corrected chi connectivity index (χ1v) is 10.4. The molecule has 4 rings (SSSR count). The number of nitrogens with zero attached hydrogens (tertiary/aromatic N) is 2. The number of esters is 1. The number of aromatic nitrogens is 1. The molecule has 0 aromatic carbocycles. The number of hydrogen-bond donors (Lipinski definition) is 2. The van der Waals surface area contributed by atoms with Crippen LogP contribution < -0.4 is 5.32 Å². The predicted octanol–water partition coefficient (Wildman–Crippen LogP) is 2.49. The van der Waals surface area contributed by atoms with E-state index in [-0.39, 0.29) is 30.6 Å². The minimum absolute atomic E-state index is 0.00346. The van der Waals surface area contributed by atoms with Crippen LogP contribution in [0, 0.1) is 19.3 Å². The first kappa shape index (κ1) is 19.3. The Bertz CT molecular complexity index is 951. The van der Waals surface area contributed by atoms with Crippen LogP contribution in [-0.2, 0) is 9.53 Å². The van der Waals surface area contributed by atoms with Crippen molar-refractivity contribution in [2.45, 2.75) is 39.7 Å². The summed E-state index contributed by atoms with van der Waals surface area (Å²) in [4.78, 5) is 32.8. The van der Waals surface area contributed by atoms with Crippen LogP contribution in [0.1, 0.15) is 40.7 Å². The number of likely N-dealkylation sites (tertiary alicyclic amines) is 1. The predicted molar refractivity (Wildman–Crippen MR) is 108 cm³/mol. The summed E-state index contributed by atoms with van der Waals surface area (Å²) in [6.45, 7) is 7.32. The van der Waals surface area contributed by atoms with Gasteiger partial charge in [-0.15, -0.1) is 11.3 Å². The highest BCUT2D eigenvalue weighted by Crippen LogP contribution is 2.52. The Balaban J connectivity index is 1.60. The number of anilines is 1. The van der Waals surface area contributed by atoms with Crippen molar-refractivity contribution in [1.29, 1.82) is 0 Å². The molecule has 1 spiro atoms. The highest BCUT2D eigenvalue weighted by atomic mass is 32.1. The van der Waals surface area contributed by atoms with Gasteiger partial charge in [-0.25, -0.2) is 9.78 Å². The van der Waals surface area contributed by atoms with Crippen LogP contribution in [0.3, 0.4) is 0 Å². The molecular weight excluding hydrogens is 378 g/mol.